The first-order valence-electron chi connectivity index (χ1n) is 5.39. The Balaban J connectivity index is 3.01. The molecule has 0 fully saturated rings. The van der Waals surface area contributed by atoms with E-state index in [1.165, 1.54) is 12.1 Å². The van der Waals surface area contributed by atoms with Crippen molar-refractivity contribution in [3.8, 4) is 5.75 Å². The smallest absolute Gasteiger partial charge is 0.419 e. The monoisotopic (exact) mass is 262 g/mol. The van der Waals surface area contributed by atoms with E-state index in [1.807, 2.05) is 0 Å². The molecule has 1 N–H and O–H groups in total. The molecular formula is C12H13F3O3. The number of hydrogen-bond acceptors (Lipinski definition) is 2. The van der Waals surface area contributed by atoms with Crippen molar-refractivity contribution in [2.24, 2.45) is 0 Å². The standard InChI is InChI=1S/C12H13F3O3/c1-2-18-10-5-3-8(4-6-11(16)17)7-9(10)12(13,14)15/h3,5,7H,2,4,6H2,1H3,(H,16,17). The summed E-state index contributed by atoms with van der Waals surface area (Å²) in [4.78, 5) is 10.4. The third kappa shape index (κ3) is 3.94. The van der Waals surface area contributed by atoms with Crippen molar-refractivity contribution >= 4 is 5.97 Å². The number of aliphatic carboxylic acids is 1. The molecule has 0 spiro atoms. The molecule has 0 unspecified atom stereocenters. The second-order valence-electron chi connectivity index (χ2n) is 3.66. The van der Waals surface area contributed by atoms with Crippen molar-refractivity contribution in [1.82, 2.24) is 0 Å². The van der Waals surface area contributed by atoms with E-state index in [9.17, 15) is 18.0 Å². The summed E-state index contributed by atoms with van der Waals surface area (Å²) in [5.41, 5.74) is -0.541. The minimum atomic E-state index is -4.51. The molecule has 0 radical (unpaired) electrons. The number of aryl methyl sites for hydroxylation is 1. The molecule has 1 rings (SSSR count). The maximum Gasteiger partial charge on any atom is 0.419 e. The number of alkyl halides is 3. The third-order valence-electron chi connectivity index (χ3n) is 2.28. The Hall–Kier alpha value is -1.72. The van der Waals surface area contributed by atoms with Gasteiger partial charge in [-0.05, 0) is 31.0 Å². The Morgan fingerprint density at radius 2 is 2.06 bits per heavy atom. The molecule has 0 bridgehead atoms. The highest BCUT2D eigenvalue weighted by atomic mass is 19.4. The molecular weight excluding hydrogens is 249 g/mol. The summed E-state index contributed by atoms with van der Waals surface area (Å²) < 4.78 is 43.2. The summed E-state index contributed by atoms with van der Waals surface area (Å²) in [5, 5.41) is 8.50. The summed E-state index contributed by atoms with van der Waals surface area (Å²) in [5.74, 6) is -1.28. The molecule has 0 heterocycles. The lowest BCUT2D eigenvalue weighted by atomic mass is 10.1. The Bertz CT molecular complexity index is 427. The molecule has 6 heteroatoms. The van der Waals surface area contributed by atoms with Gasteiger partial charge in [-0.25, -0.2) is 0 Å². The first kappa shape index (κ1) is 14.3. The lowest BCUT2D eigenvalue weighted by Gasteiger charge is -2.14. The van der Waals surface area contributed by atoms with Crippen LogP contribution in [0.4, 0.5) is 13.2 Å². The normalized spacial score (nSPS) is 11.3. The van der Waals surface area contributed by atoms with Crippen LogP contribution in [0.2, 0.25) is 0 Å². The molecule has 0 atom stereocenters. The average molecular weight is 262 g/mol. The predicted molar refractivity (Wildman–Crippen MR) is 58.6 cm³/mol. The van der Waals surface area contributed by atoms with Crippen LogP contribution in [-0.4, -0.2) is 17.7 Å². The van der Waals surface area contributed by atoms with Crippen LogP contribution in [0.1, 0.15) is 24.5 Å². The van der Waals surface area contributed by atoms with E-state index in [2.05, 4.69) is 0 Å². The van der Waals surface area contributed by atoms with Gasteiger partial charge in [0.15, 0.2) is 0 Å². The van der Waals surface area contributed by atoms with Crippen LogP contribution in [0.3, 0.4) is 0 Å². The topological polar surface area (TPSA) is 46.5 Å². The predicted octanol–water partition coefficient (Wildman–Crippen LogP) is 3.12. The van der Waals surface area contributed by atoms with Gasteiger partial charge in [0.1, 0.15) is 5.75 Å². The van der Waals surface area contributed by atoms with Gasteiger partial charge in [-0.3, -0.25) is 4.79 Å². The summed E-state index contributed by atoms with van der Waals surface area (Å²) in [6, 6.07) is 3.61. The van der Waals surface area contributed by atoms with Crippen molar-refractivity contribution in [1.29, 1.82) is 0 Å². The van der Waals surface area contributed by atoms with E-state index in [4.69, 9.17) is 9.84 Å². The average Bonchev–Trinajstić information content (AvgIpc) is 2.26. The number of carbonyl (C=O) groups is 1. The number of carboxylic acids is 1. The van der Waals surface area contributed by atoms with Crippen molar-refractivity contribution in [3.05, 3.63) is 29.3 Å². The Kier molecular flexibility index (Phi) is 4.58. The van der Waals surface area contributed by atoms with Gasteiger partial charge in [0.2, 0.25) is 0 Å². The van der Waals surface area contributed by atoms with Gasteiger partial charge in [-0.1, -0.05) is 6.07 Å². The van der Waals surface area contributed by atoms with E-state index < -0.39 is 17.7 Å². The SMILES string of the molecule is CCOc1ccc(CCC(=O)O)cc1C(F)(F)F. The minimum Gasteiger partial charge on any atom is -0.493 e. The van der Waals surface area contributed by atoms with Crippen LogP contribution < -0.4 is 4.74 Å². The number of halogens is 3. The highest BCUT2D eigenvalue weighted by molar-refractivity contribution is 5.67. The minimum absolute atomic E-state index is 0.0603. The highest BCUT2D eigenvalue weighted by Crippen LogP contribution is 2.37. The van der Waals surface area contributed by atoms with Crippen LogP contribution in [0.25, 0.3) is 0 Å². The molecule has 3 nitrogen and oxygen atoms in total. The number of carboxylic acid groups (broad SMARTS) is 1. The molecule has 0 aliphatic carbocycles. The van der Waals surface area contributed by atoms with E-state index >= 15 is 0 Å². The molecule has 0 aliphatic rings. The highest BCUT2D eigenvalue weighted by Gasteiger charge is 2.34. The van der Waals surface area contributed by atoms with Gasteiger partial charge in [0.25, 0.3) is 0 Å². The fourth-order valence-electron chi connectivity index (χ4n) is 1.49. The van der Waals surface area contributed by atoms with Crippen LogP contribution >= 0.6 is 0 Å². The summed E-state index contributed by atoms with van der Waals surface area (Å²) in [6.07, 6.45) is -4.65. The van der Waals surface area contributed by atoms with Gasteiger partial charge < -0.3 is 9.84 Å². The zero-order valence-corrected chi connectivity index (χ0v) is 9.75. The largest absolute Gasteiger partial charge is 0.493 e. The van der Waals surface area contributed by atoms with Gasteiger partial charge in [0, 0.05) is 6.42 Å². The first-order chi connectivity index (χ1) is 8.34. The van der Waals surface area contributed by atoms with E-state index in [-0.39, 0.29) is 25.2 Å². The number of hydrogen-bond donors (Lipinski definition) is 1. The first-order valence-corrected chi connectivity index (χ1v) is 5.39. The molecule has 0 saturated heterocycles. The number of benzene rings is 1. The fourth-order valence-corrected chi connectivity index (χ4v) is 1.49. The van der Waals surface area contributed by atoms with E-state index in [1.54, 1.807) is 6.92 Å². The zero-order chi connectivity index (χ0) is 13.8. The lowest BCUT2D eigenvalue weighted by molar-refractivity contribution is -0.139. The van der Waals surface area contributed by atoms with Crippen molar-refractivity contribution < 1.29 is 27.8 Å². The summed E-state index contributed by atoms with van der Waals surface area (Å²) >= 11 is 0. The maximum atomic E-state index is 12.8. The fraction of sp³-hybridized carbons (Fsp3) is 0.417. The molecule has 1 aromatic carbocycles. The van der Waals surface area contributed by atoms with Crippen molar-refractivity contribution in [2.75, 3.05) is 6.61 Å². The summed E-state index contributed by atoms with van der Waals surface area (Å²) in [6.45, 7) is 1.73. The molecule has 0 aromatic heterocycles. The molecule has 100 valence electrons. The quantitative estimate of drug-likeness (QED) is 0.886. The Morgan fingerprint density at radius 1 is 1.39 bits per heavy atom. The zero-order valence-electron chi connectivity index (χ0n) is 9.75. The van der Waals surface area contributed by atoms with Crippen LogP contribution in [0, 0.1) is 0 Å². The third-order valence-corrected chi connectivity index (χ3v) is 2.28. The summed E-state index contributed by atoms with van der Waals surface area (Å²) in [7, 11) is 0. The van der Waals surface area contributed by atoms with Gasteiger partial charge in [-0.2, -0.15) is 13.2 Å². The Morgan fingerprint density at radius 3 is 2.56 bits per heavy atom. The molecule has 18 heavy (non-hydrogen) atoms. The molecule has 1 aromatic rings. The van der Waals surface area contributed by atoms with Gasteiger partial charge >= 0.3 is 12.1 Å². The van der Waals surface area contributed by atoms with Crippen LogP contribution in [-0.2, 0) is 17.4 Å². The van der Waals surface area contributed by atoms with Crippen molar-refractivity contribution in [2.45, 2.75) is 25.9 Å². The van der Waals surface area contributed by atoms with Crippen molar-refractivity contribution in [3.63, 3.8) is 0 Å². The van der Waals surface area contributed by atoms with Gasteiger partial charge in [0.05, 0.1) is 12.2 Å². The van der Waals surface area contributed by atoms with Crippen LogP contribution in [0.5, 0.6) is 5.75 Å². The maximum absolute atomic E-state index is 12.8. The number of rotatable bonds is 5. The van der Waals surface area contributed by atoms with Gasteiger partial charge in [-0.15, -0.1) is 0 Å². The molecule has 0 aliphatic heterocycles. The number of ether oxygens (including phenoxy) is 1. The second kappa shape index (κ2) is 5.75. The molecule has 0 saturated carbocycles. The molecule has 0 amide bonds. The second-order valence-corrected chi connectivity index (χ2v) is 3.66. The van der Waals surface area contributed by atoms with Crippen LogP contribution in [0.15, 0.2) is 18.2 Å². The van der Waals surface area contributed by atoms with E-state index in [0.717, 1.165) is 6.07 Å². The van der Waals surface area contributed by atoms with E-state index in [0.29, 0.717) is 5.56 Å². The lowest BCUT2D eigenvalue weighted by Crippen LogP contribution is -2.09. The Labute approximate surface area is 102 Å².